The summed E-state index contributed by atoms with van der Waals surface area (Å²) < 4.78 is 5.15. The molecular weight excluding hydrogens is 254 g/mol. The molecule has 0 saturated heterocycles. The van der Waals surface area contributed by atoms with E-state index in [0.717, 1.165) is 16.9 Å². The Kier molecular flexibility index (Phi) is 4.20. The van der Waals surface area contributed by atoms with Crippen LogP contribution in [0.4, 0.5) is 5.69 Å². The maximum Gasteiger partial charge on any atom is 0.244 e. The molecule has 0 aliphatic rings. The zero-order chi connectivity index (χ0) is 14.5. The van der Waals surface area contributed by atoms with Gasteiger partial charge in [0, 0.05) is 29.2 Å². The number of anilines is 1. The molecular formula is C15H17N3O2. The fourth-order valence-electron chi connectivity index (χ4n) is 1.85. The normalized spacial score (nSPS) is 11.7. The van der Waals surface area contributed by atoms with Crippen molar-refractivity contribution in [3.05, 3.63) is 53.9 Å². The second-order valence-electron chi connectivity index (χ2n) is 4.44. The van der Waals surface area contributed by atoms with Gasteiger partial charge in [-0.15, -0.1) is 0 Å². The fourth-order valence-corrected chi connectivity index (χ4v) is 1.85. The first-order valence-corrected chi connectivity index (χ1v) is 6.22. The fraction of sp³-hybridized carbons (Fsp3) is 0.200. The standard InChI is InChI=1S/C15H17N3O2/c1-10-6-7-11(9-17-10)14(15(16)19)18-12-4-3-5-13(8-12)20-2/h3-9,14,18H,1-2H3,(H2,16,19). The number of aromatic nitrogens is 1. The lowest BCUT2D eigenvalue weighted by atomic mass is 10.1. The smallest absolute Gasteiger partial charge is 0.244 e. The Balaban J connectivity index is 2.25. The largest absolute Gasteiger partial charge is 0.497 e. The van der Waals surface area contributed by atoms with Crippen LogP contribution in [0.2, 0.25) is 0 Å². The van der Waals surface area contributed by atoms with Crippen molar-refractivity contribution in [3.8, 4) is 5.75 Å². The molecule has 1 heterocycles. The number of rotatable bonds is 5. The van der Waals surface area contributed by atoms with Crippen molar-refractivity contribution in [1.29, 1.82) is 0 Å². The van der Waals surface area contributed by atoms with Gasteiger partial charge in [-0.3, -0.25) is 9.78 Å². The summed E-state index contributed by atoms with van der Waals surface area (Å²) in [5.41, 5.74) is 7.84. The molecule has 3 N–H and O–H groups in total. The Hall–Kier alpha value is -2.56. The molecule has 1 unspecified atom stereocenters. The van der Waals surface area contributed by atoms with Crippen molar-refractivity contribution in [3.63, 3.8) is 0 Å². The second kappa shape index (κ2) is 6.06. The van der Waals surface area contributed by atoms with Gasteiger partial charge < -0.3 is 15.8 Å². The van der Waals surface area contributed by atoms with Crippen LogP contribution in [0.25, 0.3) is 0 Å². The van der Waals surface area contributed by atoms with E-state index in [4.69, 9.17) is 10.5 Å². The molecule has 1 amide bonds. The van der Waals surface area contributed by atoms with Crippen molar-refractivity contribution in [2.24, 2.45) is 5.73 Å². The highest BCUT2D eigenvalue weighted by Crippen LogP contribution is 2.22. The number of nitrogens with two attached hydrogens (primary N) is 1. The van der Waals surface area contributed by atoms with E-state index >= 15 is 0 Å². The van der Waals surface area contributed by atoms with Gasteiger partial charge in [0.05, 0.1) is 7.11 Å². The van der Waals surface area contributed by atoms with Gasteiger partial charge in [0.15, 0.2) is 0 Å². The van der Waals surface area contributed by atoms with Crippen LogP contribution < -0.4 is 15.8 Å². The molecule has 1 atom stereocenters. The number of benzene rings is 1. The number of nitrogens with zero attached hydrogens (tertiary/aromatic N) is 1. The molecule has 5 heteroatoms. The van der Waals surface area contributed by atoms with E-state index in [2.05, 4.69) is 10.3 Å². The van der Waals surface area contributed by atoms with E-state index < -0.39 is 11.9 Å². The van der Waals surface area contributed by atoms with Crippen molar-refractivity contribution in [2.75, 3.05) is 12.4 Å². The van der Waals surface area contributed by atoms with E-state index in [1.165, 1.54) is 0 Å². The van der Waals surface area contributed by atoms with Gasteiger partial charge in [0.1, 0.15) is 11.8 Å². The van der Waals surface area contributed by atoms with Crippen LogP contribution >= 0.6 is 0 Å². The van der Waals surface area contributed by atoms with Gasteiger partial charge in [-0.05, 0) is 25.1 Å². The maximum atomic E-state index is 11.6. The number of ether oxygens (including phenoxy) is 1. The average molecular weight is 271 g/mol. The lowest BCUT2D eigenvalue weighted by Crippen LogP contribution is -2.27. The first-order valence-electron chi connectivity index (χ1n) is 6.22. The molecule has 0 fully saturated rings. The average Bonchev–Trinajstić information content (AvgIpc) is 2.46. The highest BCUT2D eigenvalue weighted by molar-refractivity contribution is 5.84. The van der Waals surface area contributed by atoms with Gasteiger partial charge in [0.25, 0.3) is 0 Å². The van der Waals surface area contributed by atoms with Gasteiger partial charge in [0.2, 0.25) is 5.91 Å². The molecule has 2 aromatic rings. The Morgan fingerprint density at radius 2 is 2.15 bits per heavy atom. The minimum absolute atomic E-state index is 0.460. The van der Waals surface area contributed by atoms with Crippen molar-refractivity contribution >= 4 is 11.6 Å². The first-order chi connectivity index (χ1) is 9.60. The second-order valence-corrected chi connectivity index (χ2v) is 4.44. The number of hydrogen-bond donors (Lipinski definition) is 2. The van der Waals surface area contributed by atoms with Crippen LogP contribution in [0.1, 0.15) is 17.3 Å². The van der Waals surface area contributed by atoms with Gasteiger partial charge in [-0.1, -0.05) is 12.1 Å². The van der Waals surface area contributed by atoms with Crippen LogP contribution in [0.15, 0.2) is 42.6 Å². The first kappa shape index (κ1) is 13.9. The van der Waals surface area contributed by atoms with E-state index in [-0.39, 0.29) is 0 Å². The Bertz CT molecular complexity index is 596. The van der Waals surface area contributed by atoms with Gasteiger partial charge in [-0.2, -0.15) is 0 Å². The maximum absolute atomic E-state index is 11.6. The van der Waals surface area contributed by atoms with E-state index in [1.54, 1.807) is 19.4 Å². The van der Waals surface area contributed by atoms with Crippen LogP contribution in [0.5, 0.6) is 5.75 Å². The van der Waals surface area contributed by atoms with Crippen LogP contribution in [0.3, 0.4) is 0 Å². The molecule has 0 saturated carbocycles. The molecule has 20 heavy (non-hydrogen) atoms. The number of amides is 1. The van der Waals surface area contributed by atoms with E-state index in [0.29, 0.717) is 5.75 Å². The third-order valence-corrected chi connectivity index (χ3v) is 2.93. The summed E-state index contributed by atoms with van der Waals surface area (Å²) in [5.74, 6) is 0.249. The molecule has 104 valence electrons. The predicted octanol–water partition coefficient (Wildman–Crippen LogP) is 2.04. The van der Waals surface area contributed by atoms with E-state index in [1.807, 2.05) is 37.3 Å². The summed E-state index contributed by atoms with van der Waals surface area (Å²) in [7, 11) is 1.59. The van der Waals surface area contributed by atoms with Crippen molar-refractivity contribution in [1.82, 2.24) is 4.98 Å². The van der Waals surface area contributed by atoms with Crippen LogP contribution in [0, 0.1) is 6.92 Å². The summed E-state index contributed by atoms with van der Waals surface area (Å²) >= 11 is 0. The Morgan fingerprint density at radius 3 is 2.75 bits per heavy atom. The zero-order valence-electron chi connectivity index (χ0n) is 11.5. The molecule has 0 spiro atoms. The predicted molar refractivity (Wildman–Crippen MR) is 77.5 cm³/mol. The number of carbonyl (C=O) groups excluding carboxylic acids is 1. The third kappa shape index (κ3) is 3.26. The number of nitrogens with one attached hydrogen (secondary N) is 1. The molecule has 0 aliphatic carbocycles. The quantitative estimate of drug-likeness (QED) is 0.872. The van der Waals surface area contributed by atoms with E-state index in [9.17, 15) is 4.79 Å². The van der Waals surface area contributed by atoms with Gasteiger partial charge >= 0.3 is 0 Å². The molecule has 1 aromatic carbocycles. The number of hydrogen-bond acceptors (Lipinski definition) is 4. The van der Waals surface area contributed by atoms with Crippen molar-refractivity contribution < 1.29 is 9.53 Å². The number of methoxy groups -OCH3 is 1. The summed E-state index contributed by atoms with van der Waals surface area (Å²) in [6.07, 6.45) is 1.65. The highest BCUT2D eigenvalue weighted by atomic mass is 16.5. The van der Waals surface area contributed by atoms with Crippen LogP contribution in [-0.4, -0.2) is 18.0 Å². The minimum atomic E-state index is -0.629. The van der Waals surface area contributed by atoms with Crippen LogP contribution in [-0.2, 0) is 4.79 Å². The molecule has 5 nitrogen and oxygen atoms in total. The molecule has 0 aliphatic heterocycles. The monoisotopic (exact) mass is 271 g/mol. The SMILES string of the molecule is COc1cccc(NC(C(N)=O)c2ccc(C)nc2)c1. The number of aryl methyl sites for hydroxylation is 1. The summed E-state index contributed by atoms with van der Waals surface area (Å²) in [4.78, 5) is 15.8. The van der Waals surface area contributed by atoms with Gasteiger partial charge in [-0.25, -0.2) is 0 Å². The molecule has 0 radical (unpaired) electrons. The minimum Gasteiger partial charge on any atom is -0.497 e. The lowest BCUT2D eigenvalue weighted by Gasteiger charge is -2.17. The lowest BCUT2D eigenvalue weighted by molar-refractivity contribution is -0.118. The number of carbonyl (C=O) groups is 1. The zero-order valence-corrected chi connectivity index (χ0v) is 11.5. The molecule has 2 rings (SSSR count). The topological polar surface area (TPSA) is 77.2 Å². The summed E-state index contributed by atoms with van der Waals surface area (Å²) in [5, 5.41) is 3.09. The number of primary amides is 1. The summed E-state index contributed by atoms with van der Waals surface area (Å²) in [6, 6.07) is 10.4. The molecule has 0 bridgehead atoms. The Labute approximate surface area is 117 Å². The van der Waals surface area contributed by atoms with Crippen molar-refractivity contribution in [2.45, 2.75) is 13.0 Å². The number of pyridine rings is 1. The third-order valence-electron chi connectivity index (χ3n) is 2.93. The Morgan fingerprint density at radius 1 is 1.35 bits per heavy atom. The molecule has 1 aromatic heterocycles. The summed E-state index contributed by atoms with van der Waals surface area (Å²) in [6.45, 7) is 1.89. The highest BCUT2D eigenvalue weighted by Gasteiger charge is 2.18.